The molecule has 3 aromatic rings. The lowest BCUT2D eigenvalue weighted by molar-refractivity contribution is 0.0959. The number of carbonyl (C=O) groups is 1. The van der Waals surface area contributed by atoms with Crippen molar-refractivity contribution in [1.29, 1.82) is 0 Å². The van der Waals surface area contributed by atoms with E-state index in [-0.39, 0.29) is 10.5 Å². The van der Waals surface area contributed by atoms with Gasteiger partial charge in [-0.3, -0.25) is 15.6 Å². The molecule has 10 heteroatoms. The SMILES string of the molecule is CS(=O)(=O)c1ccccc1C(=O)NNc1nc2c(Cl)c(Cl)ccc2s1. The number of sulfone groups is 1. The van der Waals surface area contributed by atoms with Crippen LogP contribution < -0.4 is 10.9 Å². The van der Waals surface area contributed by atoms with Gasteiger partial charge in [-0.15, -0.1) is 0 Å². The largest absolute Gasteiger partial charge is 0.273 e. The van der Waals surface area contributed by atoms with E-state index in [0.29, 0.717) is 20.7 Å². The smallest absolute Gasteiger partial charge is 0.270 e. The van der Waals surface area contributed by atoms with E-state index in [1.54, 1.807) is 24.3 Å². The maximum Gasteiger partial charge on any atom is 0.270 e. The number of benzene rings is 2. The Bertz CT molecular complexity index is 1080. The summed E-state index contributed by atoms with van der Waals surface area (Å²) in [7, 11) is -3.53. The van der Waals surface area contributed by atoms with Crippen LogP contribution in [0.15, 0.2) is 41.3 Å². The van der Waals surface area contributed by atoms with Gasteiger partial charge in [0.05, 0.1) is 25.2 Å². The van der Waals surface area contributed by atoms with Gasteiger partial charge in [0.15, 0.2) is 9.84 Å². The summed E-state index contributed by atoms with van der Waals surface area (Å²) in [5, 5.41) is 1.11. The van der Waals surface area contributed by atoms with Gasteiger partial charge in [-0.2, -0.15) is 0 Å². The minimum Gasteiger partial charge on any atom is -0.273 e. The number of hydrogen-bond acceptors (Lipinski definition) is 6. The Hall–Kier alpha value is -1.87. The molecule has 1 heterocycles. The average molecular weight is 416 g/mol. The van der Waals surface area contributed by atoms with Gasteiger partial charge in [-0.05, 0) is 24.3 Å². The first-order valence-corrected chi connectivity index (χ1v) is 10.3. The van der Waals surface area contributed by atoms with E-state index in [1.165, 1.54) is 23.5 Å². The Kier molecular flexibility index (Phi) is 4.88. The topological polar surface area (TPSA) is 88.2 Å². The lowest BCUT2D eigenvalue weighted by Crippen LogP contribution is -2.30. The van der Waals surface area contributed by atoms with Crippen LogP contribution in [0.2, 0.25) is 10.0 Å². The molecule has 0 fully saturated rings. The number of thiazole rings is 1. The van der Waals surface area contributed by atoms with Crippen molar-refractivity contribution in [3.05, 3.63) is 52.0 Å². The average Bonchev–Trinajstić information content (AvgIpc) is 2.99. The molecule has 2 N–H and O–H groups in total. The first-order valence-electron chi connectivity index (χ1n) is 6.87. The molecule has 0 spiro atoms. The van der Waals surface area contributed by atoms with Crippen molar-refractivity contribution in [3.63, 3.8) is 0 Å². The van der Waals surface area contributed by atoms with Crippen LogP contribution in [-0.2, 0) is 9.84 Å². The van der Waals surface area contributed by atoms with Gasteiger partial charge in [0, 0.05) is 6.26 Å². The van der Waals surface area contributed by atoms with Crippen LogP contribution in [0, 0.1) is 0 Å². The van der Waals surface area contributed by atoms with E-state index in [1.807, 2.05) is 0 Å². The molecule has 6 nitrogen and oxygen atoms in total. The number of anilines is 1. The number of carbonyl (C=O) groups excluding carboxylic acids is 1. The first kappa shape index (κ1) is 17.9. The van der Waals surface area contributed by atoms with Crippen LogP contribution in [0.3, 0.4) is 0 Å². The van der Waals surface area contributed by atoms with Gasteiger partial charge < -0.3 is 0 Å². The quantitative estimate of drug-likeness (QED) is 0.633. The first-order chi connectivity index (χ1) is 11.8. The predicted molar refractivity (Wildman–Crippen MR) is 100 cm³/mol. The van der Waals surface area contributed by atoms with Crippen molar-refractivity contribution < 1.29 is 13.2 Å². The number of fused-ring (bicyclic) bond motifs is 1. The Morgan fingerprint density at radius 2 is 1.88 bits per heavy atom. The van der Waals surface area contributed by atoms with Crippen LogP contribution >= 0.6 is 34.5 Å². The van der Waals surface area contributed by atoms with Gasteiger partial charge in [0.1, 0.15) is 5.52 Å². The summed E-state index contributed by atoms with van der Waals surface area (Å²) in [6.07, 6.45) is 1.05. The highest BCUT2D eigenvalue weighted by atomic mass is 35.5. The molecule has 2 aromatic carbocycles. The molecule has 0 unspecified atom stereocenters. The molecule has 0 aliphatic carbocycles. The lowest BCUT2D eigenvalue weighted by Gasteiger charge is -2.09. The molecule has 130 valence electrons. The molecule has 0 aliphatic heterocycles. The zero-order valence-electron chi connectivity index (χ0n) is 12.7. The van der Waals surface area contributed by atoms with Crippen LogP contribution in [0.5, 0.6) is 0 Å². The Morgan fingerprint density at radius 1 is 1.16 bits per heavy atom. The Morgan fingerprint density at radius 3 is 2.60 bits per heavy atom. The highest BCUT2D eigenvalue weighted by Gasteiger charge is 2.18. The molecule has 25 heavy (non-hydrogen) atoms. The maximum atomic E-state index is 12.3. The van der Waals surface area contributed by atoms with Crippen molar-refractivity contribution >= 4 is 65.6 Å². The molecule has 0 radical (unpaired) electrons. The zero-order chi connectivity index (χ0) is 18.2. The van der Waals surface area contributed by atoms with Crippen LogP contribution in [-0.4, -0.2) is 25.6 Å². The number of nitrogens with zero attached hydrogens (tertiary/aromatic N) is 1. The molecule has 0 aliphatic rings. The summed E-state index contributed by atoms with van der Waals surface area (Å²) in [5.74, 6) is -0.593. The summed E-state index contributed by atoms with van der Waals surface area (Å²) in [6.45, 7) is 0. The Labute approximate surface area is 157 Å². The molecule has 0 bridgehead atoms. The molecular weight excluding hydrogens is 405 g/mol. The van der Waals surface area contributed by atoms with E-state index in [4.69, 9.17) is 23.2 Å². The van der Waals surface area contributed by atoms with E-state index >= 15 is 0 Å². The third-order valence-corrected chi connectivity index (χ3v) is 6.15. The number of aromatic nitrogens is 1. The van der Waals surface area contributed by atoms with Crippen LogP contribution in [0.25, 0.3) is 10.2 Å². The van der Waals surface area contributed by atoms with Crippen molar-refractivity contribution in [3.8, 4) is 0 Å². The number of halogens is 2. The lowest BCUT2D eigenvalue weighted by atomic mass is 10.2. The molecule has 0 saturated heterocycles. The third kappa shape index (κ3) is 3.72. The normalized spacial score (nSPS) is 11.5. The van der Waals surface area contributed by atoms with Crippen molar-refractivity contribution in [1.82, 2.24) is 10.4 Å². The number of rotatable bonds is 4. The second kappa shape index (κ2) is 6.80. The zero-order valence-corrected chi connectivity index (χ0v) is 15.9. The highest BCUT2D eigenvalue weighted by Crippen LogP contribution is 2.35. The summed E-state index contributed by atoms with van der Waals surface area (Å²) < 4.78 is 24.4. The van der Waals surface area contributed by atoms with E-state index in [0.717, 1.165) is 11.0 Å². The molecule has 0 saturated carbocycles. The van der Waals surface area contributed by atoms with Gasteiger partial charge in [-0.1, -0.05) is 46.7 Å². The van der Waals surface area contributed by atoms with Crippen molar-refractivity contribution in [2.45, 2.75) is 4.90 Å². The van der Waals surface area contributed by atoms with Gasteiger partial charge >= 0.3 is 0 Å². The summed E-state index contributed by atoms with van der Waals surface area (Å²) in [5.41, 5.74) is 5.67. The summed E-state index contributed by atoms with van der Waals surface area (Å²) >= 11 is 13.3. The second-order valence-corrected chi connectivity index (χ2v) is 8.87. The molecule has 1 aromatic heterocycles. The van der Waals surface area contributed by atoms with E-state index < -0.39 is 15.7 Å². The fraction of sp³-hybridized carbons (Fsp3) is 0.0667. The molecular formula is C15H11Cl2N3O3S2. The highest BCUT2D eigenvalue weighted by molar-refractivity contribution is 7.90. The van der Waals surface area contributed by atoms with E-state index in [2.05, 4.69) is 15.8 Å². The molecule has 0 atom stereocenters. The Balaban J connectivity index is 1.83. The summed E-state index contributed by atoms with van der Waals surface area (Å²) in [4.78, 5) is 16.5. The van der Waals surface area contributed by atoms with Crippen LogP contribution in [0.4, 0.5) is 5.13 Å². The van der Waals surface area contributed by atoms with Gasteiger partial charge in [-0.25, -0.2) is 13.4 Å². The molecule has 3 rings (SSSR count). The minimum absolute atomic E-state index is 0.0414. The van der Waals surface area contributed by atoms with Crippen molar-refractivity contribution in [2.24, 2.45) is 0 Å². The fourth-order valence-electron chi connectivity index (χ4n) is 2.15. The number of nitrogens with one attached hydrogen (secondary N) is 2. The third-order valence-electron chi connectivity index (χ3n) is 3.27. The number of hydrazine groups is 1. The van der Waals surface area contributed by atoms with Gasteiger partial charge in [0.2, 0.25) is 5.13 Å². The predicted octanol–water partition coefficient (Wildman–Crippen LogP) is 3.76. The monoisotopic (exact) mass is 415 g/mol. The fourth-order valence-corrected chi connectivity index (χ4v) is 4.28. The standard InChI is InChI=1S/C15H11Cl2N3O3S2/c1-25(22,23)11-5-3-2-4-8(11)14(21)19-20-15-18-13-10(24-15)7-6-9(16)12(13)17/h2-7H,1H3,(H,18,20)(H,19,21). The van der Waals surface area contributed by atoms with E-state index in [9.17, 15) is 13.2 Å². The maximum absolute atomic E-state index is 12.3. The van der Waals surface area contributed by atoms with Gasteiger partial charge in [0.25, 0.3) is 5.91 Å². The van der Waals surface area contributed by atoms with Crippen molar-refractivity contribution in [2.75, 3.05) is 11.7 Å². The number of hydrogen-bond donors (Lipinski definition) is 2. The van der Waals surface area contributed by atoms with Crippen LogP contribution in [0.1, 0.15) is 10.4 Å². The minimum atomic E-state index is -3.53. The number of amides is 1. The summed E-state index contributed by atoms with van der Waals surface area (Å²) in [6, 6.07) is 9.39. The second-order valence-electron chi connectivity index (χ2n) is 5.07. The molecule has 1 amide bonds.